The molecule has 6 heteroatoms. The molecule has 108 valence electrons. The van der Waals surface area contributed by atoms with Crippen LogP contribution in [0.3, 0.4) is 0 Å². The lowest BCUT2D eigenvalue weighted by Gasteiger charge is -2.35. The van der Waals surface area contributed by atoms with Gasteiger partial charge in [-0.2, -0.15) is 0 Å². The molecule has 0 saturated carbocycles. The van der Waals surface area contributed by atoms with E-state index in [2.05, 4.69) is 5.32 Å². The van der Waals surface area contributed by atoms with E-state index >= 15 is 0 Å². The van der Waals surface area contributed by atoms with E-state index < -0.39 is 23.8 Å². The first-order valence-electron chi connectivity index (χ1n) is 6.62. The number of amides is 4. The Kier molecular flexibility index (Phi) is 3.92. The lowest BCUT2D eigenvalue weighted by molar-refractivity contribution is -0.145. The fourth-order valence-corrected chi connectivity index (χ4v) is 2.42. The number of furan rings is 1. The largest absolute Gasteiger partial charge is 0.469 e. The first-order chi connectivity index (χ1) is 9.41. The zero-order valence-corrected chi connectivity index (χ0v) is 11.8. The second-order valence-electron chi connectivity index (χ2n) is 5.36. The van der Waals surface area contributed by atoms with Gasteiger partial charge in [0.15, 0.2) is 0 Å². The van der Waals surface area contributed by atoms with Gasteiger partial charge in [-0.1, -0.05) is 13.8 Å². The van der Waals surface area contributed by atoms with Gasteiger partial charge in [0.1, 0.15) is 11.7 Å². The molecule has 0 radical (unpaired) electrons. The van der Waals surface area contributed by atoms with E-state index in [9.17, 15) is 14.4 Å². The molecule has 0 aliphatic carbocycles. The minimum atomic E-state index is -0.813. The average molecular weight is 278 g/mol. The van der Waals surface area contributed by atoms with Crippen LogP contribution in [0.1, 0.15) is 26.5 Å². The van der Waals surface area contributed by atoms with Crippen LogP contribution in [0, 0.1) is 11.8 Å². The molecule has 20 heavy (non-hydrogen) atoms. The van der Waals surface area contributed by atoms with Crippen LogP contribution in [-0.4, -0.2) is 28.8 Å². The fourth-order valence-electron chi connectivity index (χ4n) is 2.42. The van der Waals surface area contributed by atoms with Crippen molar-refractivity contribution in [2.24, 2.45) is 11.8 Å². The van der Waals surface area contributed by atoms with Gasteiger partial charge in [0.25, 0.3) is 0 Å². The molecule has 4 amide bonds. The summed E-state index contributed by atoms with van der Waals surface area (Å²) in [5.74, 6) is -1.24. The Labute approximate surface area is 117 Å². The number of imide groups is 2. The van der Waals surface area contributed by atoms with Crippen molar-refractivity contribution in [3.63, 3.8) is 0 Å². The third-order valence-corrected chi connectivity index (χ3v) is 3.42. The Morgan fingerprint density at radius 2 is 2.00 bits per heavy atom. The number of hydrogen-bond donors (Lipinski definition) is 1. The second-order valence-corrected chi connectivity index (χ2v) is 5.36. The van der Waals surface area contributed by atoms with E-state index in [1.807, 2.05) is 0 Å². The first kappa shape index (κ1) is 14.3. The summed E-state index contributed by atoms with van der Waals surface area (Å²) in [4.78, 5) is 37.1. The van der Waals surface area contributed by atoms with Gasteiger partial charge >= 0.3 is 6.03 Å². The molecule has 0 bridgehead atoms. The molecule has 1 aromatic rings. The van der Waals surface area contributed by atoms with Crippen LogP contribution in [0.4, 0.5) is 4.79 Å². The smallest absolute Gasteiger partial charge is 0.331 e. The predicted octanol–water partition coefficient (Wildman–Crippen LogP) is 1.56. The van der Waals surface area contributed by atoms with Crippen LogP contribution in [-0.2, 0) is 16.0 Å². The Morgan fingerprint density at radius 1 is 1.30 bits per heavy atom. The SMILES string of the molecule is CC(C)C1C(=O)NC(=O)N(C(C)Cc2ccco2)C1=O. The number of barbiturate groups is 1. The molecule has 1 aliphatic heterocycles. The molecule has 1 aliphatic rings. The van der Waals surface area contributed by atoms with E-state index in [0.717, 1.165) is 4.90 Å². The highest BCUT2D eigenvalue weighted by atomic mass is 16.3. The highest BCUT2D eigenvalue weighted by Crippen LogP contribution is 2.22. The third-order valence-electron chi connectivity index (χ3n) is 3.42. The Morgan fingerprint density at radius 3 is 2.55 bits per heavy atom. The quantitative estimate of drug-likeness (QED) is 0.848. The number of hydrogen-bond acceptors (Lipinski definition) is 4. The molecule has 1 fully saturated rings. The number of nitrogens with zero attached hydrogens (tertiary/aromatic N) is 1. The minimum Gasteiger partial charge on any atom is -0.469 e. The van der Waals surface area contributed by atoms with E-state index in [0.29, 0.717) is 12.2 Å². The van der Waals surface area contributed by atoms with Crippen molar-refractivity contribution in [2.75, 3.05) is 0 Å². The van der Waals surface area contributed by atoms with Crippen molar-refractivity contribution in [3.05, 3.63) is 24.2 Å². The minimum absolute atomic E-state index is 0.158. The maximum Gasteiger partial charge on any atom is 0.331 e. The van der Waals surface area contributed by atoms with E-state index in [4.69, 9.17) is 4.42 Å². The summed E-state index contributed by atoms with van der Waals surface area (Å²) in [6.45, 7) is 5.33. The van der Waals surface area contributed by atoms with Gasteiger partial charge in [-0.3, -0.25) is 19.8 Å². The summed E-state index contributed by atoms with van der Waals surface area (Å²) in [5.41, 5.74) is 0. The molecule has 6 nitrogen and oxygen atoms in total. The topological polar surface area (TPSA) is 79.6 Å². The van der Waals surface area contributed by atoms with Crippen molar-refractivity contribution in [2.45, 2.75) is 33.2 Å². The van der Waals surface area contributed by atoms with Crippen LogP contribution in [0.2, 0.25) is 0 Å². The van der Waals surface area contributed by atoms with E-state index in [-0.39, 0.29) is 12.0 Å². The number of carbonyl (C=O) groups excluding carboxylic acids is 3. The standard InChI is InChI=1S/C14H18N2O4/c1-8(2)11-12(17)15-14(19)16(13(11)18)9(3)7-10-5-4-6-20-10/h4-6,8-9,11H,7H2,1-3H3,(H,15,17,19). The summed E-state index contributed by atoms with van der Waals surface area (Å²) in [6.07, 6.45) is 1.96. The van der Waals surface area contributed by atoms with Crippen LogP contribution in [0.25, 0.3) is 0 Å². The normalized spacial score (nSPS) is 21.3. The van der Waals surface area contributed by atoms with Gasteiger partial charge in [-0.05, 0) is 25.0 Å². The molecule has 1 saturated heterocycles. The third kappa shape index (κ3) is 2.59. The molecule has 2 unspecified atom stereocenters. The van der Waals surface area contributed by atoms with Crippen molar-refractivity contribution in [1.82, 2.24) is 10.2 Å². The average Bonchev–Trinajstić information content (AvgIpc) is 2.79. The number of carbonyl (C=O) groups is 3. The van der Waals surface area contributed by atoms with Gasteiger partial charge in [0.05, 0.1) is 6.26 Å². The van der Waals surface area contributed by atoms with Crippen molar-refractivity contribution in [1.29, 1.82) is 0 Å². The van der Waals surface area contributed by atoms with Crippen molar-refractivity contribution < 1.29 is 18.8 Å². The van der Waals surface area contributed by atoms with Gasteiger partial charge in [-0.15, -0.1) is 0 Å². The lowest BCUT2D eigenvalue weighted by Crippen LogP contribution is -2.61. The maximum atomic E-state index is 12.4. The predicted molar refractivity (Wildman–Crippen MR) is 70.6 cm³/mol. The molecule has 2 rings (SSSR count). The highest BCUT2D eigenvalue weighted by Gasteiger charge is 2.43. The summed E-state index contributed by atoms with van der Waals surface area (Å²) in [5, 5.41) is 2.25. The van der Waals surface area contributed by atoms with E-state index in [1.165, 1.54) is 0 Å². The summed E-state index contributed by atoms with van der Waals surface area (Å²) < 4.78 is 5.22. The highest BCUT2D eigenvalue weighted by molar-refractivity contribution is 6.16. The van der Waals surface area contributed by atoms with Crippen LogP contribution < -0.4 is 5.32 Å². The zero-order valence-electron chi connectivity index (χ0n) is 11.8. The van der Waals surface area contributed by atoms with Gasteiger partial charge in [0, 0.05) is 12.5 Å². The molecule has 0 spiro atoms. The molecular weight excluding hydrogens is 260 g/mol. The second kappa shape index (κ2) is 5.48. The monoisotopic (exact) mass is 278 g/mol. The van der Waals surface area contributed by atoms with Crippen molar-refractivity contribution in [3.8, 4) is 0 Å². The Bertz CT molecular complexity index is 521. The zero-order chi connectivity index (χ0) is 14.9. The summed E-state index contributed by atoms with van der Waals surface area (Å²) in [7, 11) is 0. The van der Waals surface area contributed by atoms with Crippen LogP contribution in [0.15, 0.2) is 22.8 Å². The molecule has 2 atom stereocenters. The molecular formula is C14H18N2O4. The maximum absolute atomic E-state index is 12.4. The fraction of sp³-hybridized carbons (Fsp3) is 0.500. The van der Waals surface area contributed by atoms with Crippen molar-refractivity contribution >= 4 is 17.8 Å². The molecule has 0 aromatic carbocycles. The van der Waals surface area contributed by atoms with Crippen LogP contribution >= 0.6 is 0 Å². The van der Waals surface area contributed by atoms with Gasteiger partial charge < -0.3 is 4.42 Å². The first-order valence-corrected chi connectivity index (χ1v) is 6.62. The molecule has 1 N–H and O–H groups in total. The number of urea groups is 1. The summed E-state index contributed by atoms with van der Waals surface area (Å²) >= 11 is 0. The number of nitrogens with one attached hydrogen (secondary N) is 1. The van der Waals surface area contributed by atoms with Gasteiger partial charge in [-0.25, -0.2) is 4.79 Å². The number of rotatable bonds is 4. The van der Waals surface area contributed by atoms with E-state index in [1.54, 1.807) is 39.2 Å². The molecule has 2 heterocycles. The Balaban J connectivity index is 2.18. The van der Waals surface area contributed by atoms with Gasteiger partial charge in [0.2, 0.25) is 11.8 Å². The lowest BCUT2D eigenvalue weighted by atomic mass is 9.91. The Hall–Kier alpha value is -2.11. The summed E-state index contributed by atoms with van der Waals surface area (Å²) in [6, 6.07) is 2.51. The van der Waals surface area contributed by atoms with Crippen LogP contribution in [0.5, 0.6) is 0 Å². The molecule has 1 aromatic heterocycles.